The number of hydrogen-bond acceptors (Lipinski definition) is 4. The third-order valence-corrected chi connectivity index (χ3v) is 2.71. The van der Waals surface area contributed by atoms with Crippen molar-refractivity contribution in [3.8, 4) is 0 Å². The van der Waals surface area contributed by atoms with Crippen molar-refractivity contribution in [1.82, 2.24) is 10.3 Å². The highest BCUT2D eigenvalue weighted by atomic mass is 16.4. The van der Waals surface area contributed by atoms with Crippen LogP contribution < -0.4 is 5.32 Å². The Labute approximate surface area is 92.5 Å². The van der Waals surface area contributed by atoms with E-state index in [1.165, 1.54) is 0 Å². The van der Waals surface area contributed by atoms with Gasteiger partial charge < -0.3 is 10.4 Å². The summed E-state index contributed by atoms with van der Waals surface area (Å²) in [5.41, 5.74) is 0.381. The summed E-state index contributed by atoms with van der Waals surface area (Å²) in [5, 5.41) is 11.7. The zero-order valence-electron chi connectivity index (χ0n) is 8.59. The molecule has 0 spiro atoms. The van der Waals surface area contributed by atoms with Gasteiger partial charge in [-0.25, -0.2) is 0 Å². The summed E-state index contributed by atoms with van der Waals surface area (Å²) < 4.78 is 0. The first-order valence-electron chi connectivity index (χ1n) is 5.10. The van der Waals surface area contributed by atoms with E-state index in [1.807, 2.05) is 0 Å². The predicted molar refractivity (Wildman–Crippen MR) is 56.1 cm³/mol. The van der Waals surface area contributed by atoms with Crippen LogP contribution in [0.4, 0.5) is 0 Å². The lowest BCUT2D eigenvalue weighted by Crippen LogP contribution is -2.31. The molecule has 1 aromatic heterocycles. The number of Topliss-reactive ketones (excluding diaryl/α,β-unsaturated/α-hetero) is 1. The molecular formula is C11H12N2O3. The maximum absolute atomic E-state index is 11.9. The van der Waals surface area contributed by atoms with E-state index in [4.69, 9.17) is 5.11 Å². The Bertz CT molecular complexity index is 405. The number of ketones is 1. The van der Waals surface area contributed by atoms with Gasteiger partial charge in [-0.3, -0.25) is 14.6 Å². The summed E-state index contributed by atoms with van der Waals surface area (Å²) in [6.07, 6.45) is 1.89. The Morgan fingerprint density at radius 3 is 2.81 bits per heavy atom. The van der Waals surface area contributed by atoms with Gasteiger partial charge in [-0.2, -0.15) is 0 Å². The van der Waals surface area contributed by atoms with Crippen LogP contribution in [0.5, 0.6) is 0 Å². The Morgan fingerprint density at radius 2 is 2.25 bits per heavy atom. The van der Waals surface area contributed by atoms with Crippen molar-refractivity contribution in [2.45, 2.75) is 12.5 Å². The van der Waals surface area contributed by atoms with Gasteiger partial charge in [-0.05, 0) is 18.6 Å². The van der Waals surface area contributed by atoms with E-state index < -0.39 is 17.9 Å². The average molecular weight is 220 g/mol. The normalized spacial score (nSPS) is 24.2. The Hall–Kier alpha value is -1.75. The highest BCUT2D eigenvalue weighted by Crippen LogP contribution is 2.17. The van der Waals surface area contributed by atoms with Gasteiger partial charge in [-0.1, -0.05) is 6.07 Å². The van der Waals surface area contributed by atoms with Crippen molar-refractivity contribution in [3.63, 3.8) is 0 Å². The molecule has 0 aliphatic carbocycles. The van der Waals surface area contributed by atoms with Crippen LogP contribution >= 0.6 is 0 Å². The van der Waals surface area contributed by atoms with Crippen molar-refractivity contribution in [2.24, 2.45) is 5.92 Å². The SMILES string of the molecule is O=C(O)C1CNC(C(=O)c2ccccn2)C1. The van der Waals surface area contributed by atoms with Crippen molar-refractivity contribution in [1.29, 1.82) is 0 Å². The third-order valence-electron chi connectivity index (χ3n) is 2.71. The number of aromatic nitrogens is 1. The summed E-state index contributed by atoms with van der Waals surface area (Å²) in [5.74, 6) is -1.47. The van der Waals surface area contributed by atoms with Gasteiger partial charge in [0.2, 0.25) is 0 Å². The standard InChI is InChI=1S/C11H12N2O3/c14-10(8-3-1-2-4-12-8)9-5-7(6-13-9)11(15)16/h1-4,7,9,13H,5-6H2,(H,15,16). The first-order chi connectivity index (χ1) is 7.68. The second kappa shape index (κ2) is 4.40. The molecule has 2 heterocycles. The number of carboxylic acids is 1. The molecule has 0 saturated carbocycles. The van der Waals surface area contributed by atoms with Crippen LogP contribution in [0.1, 0.15) is 16.9 Å². The lowest BCUT2D eigenvalue weighted by molar-refractivity contribution is -0.141. The zero-order chi connectivity index (χ0) is 11.5. The molecule has 0 bridgehead atoms. The fourth-order valence-corrected chi connectivity index (χ4v) is 1.81. The predicted octanol–water partition coefficient (Wildman–Crippen LogP) is 0.327. The van der Waals surface area contributed by atoms with Gasteiger partial charge in [0.25, 0.3) is 0 Å². The summed E-state index contributed by atoms with van der Waals surface area (Å²) >= 11 is 0. The molecule has 2 unspecified atom stereocenters. The topological polar surface area (TPSA) is 79.3 Å². The van der Waals surface area contributed by atoms with Gasteiger partial charge in [0.05, 0.1) is 12.0 Å². The average Bonchev–Trinajstić information content (AvgIpc) is 2.78. The molecule has 1 fully saturated rings. The van der Waals surface area contributed by atoms with Crippen molar-refractivity contribution in [2.75, 3.05) is 6.54 Å². The molecule has 2 atom stereocenters. The van der Waals surface area contributed by atoms with Crippen LogP contribution in [0.15, 0.2) is 24.4 Å². The molecule has 1 aromatic rings. The Morgan fingerprint density at radius 1 is 1.44 bits per heavy atom. The lowest BCUT2D eigenvalue weighted by Gasteiger charge is -2.07. The lowest BCUT2D eigenvalue weighted by atomic mass is 10.0. The van der Waals surface area contributed by atoms with E-state index in [9.17, 15) is 9.59 Å². The fraction of sp³-hybridized carbons (Fsp3) is 0.364. The summed E-state index contributed by atoms with van der Waals surface area (Å²) in [7, 11) is 0. The number of carboxylic acid groups (broad SMARTS) is 1. The van der Waals surface area contributed by atoms with Gasteiger partial charge in [-0.15, -0.1) is 0 Å². The minimum Gasteiger partial charge on any atom is -0.481 e. The molecule has 1 aliphatic rings. The van der Waals surface area contributed by atoms with Crippen LogP contribution in [0.3, 0.4) is 0 Å². The van der Waals surface area contributed by atoms with Crippen LogP contribution in [0.2, 0.25) is 0 Å². The van der Waals surface area contributed by atoms with Gasteiger partial charge >= 0.3 is 5.97 Å². The van der Waals surface area contributed by atoms with E-state index in [2.05, 4.69) is 10.3 Å². The van der Waals surface area contributed by atoms with E-state index >= 15 is 0 Å². The van der Waals surface area contributed by atoms with Crippen LogP contribution in [0, 0.1) is 5.92 Å². The highest BCUT2D eigenvalue weighted by molar-refractivity contribution is 5.99. The first kappa shape index (κ1) is 10.8. The molecule has 0 radical (unpaired) electrons. The minimum atomic E-state index is -0.858. The van der Waals surface area contributed by atoms with Crippen LogP contribution in [-0.4, -0.2) is 34.4 Å². The maximum Gasteiger partial charge on any atom is 0.307 e. The third kappa shape index (κ3) is 2.09. The molecule has 5 nitrogen and oxygen atoms in total. The molecule has 5 heteroatoms. The number of pyridine rings is 1. The number of rotatable bonds is 3. The zero-order valence-corrected chi connectivity index (χ0v) is 8.59. The molecule has 16 heavy (non-hydrogen) atoms. The number of aliphatic carboxylic acids is 1. The van der Waals surface area contributed by atoms with E-state index in [-0.39, 0.29) is 5.78 Å². The molecule has 0 aromatic carbocycles. The highest BCUT2D eigenvalue weighted by Gasteiger charge is 2.34. The van der Waals surface area contributed by atoms with Crippen molar-refractivity contribution < 1.29 is 14.7 Å². The van der Waals surface area contributed by atoms with E-state index in [1.54, 1.807) is 24.4 Å². The van der Waals surface area contributed by atoms with Gasteiger partial charge in [0.1, 0.15) is 5.69 Å². The number of nitrogens with zero attached hydrogens (tertiary/aromatic N) is 1. The van der Waals surface area contributed by atoms with E-state index in [0.717, 1.165) is 0 Å². The molecule has 0 amide bonds. The Kier molecular flexibility index (Phi) is 2.96. The largest absolute Gasteiger partial charge is 0.481 e. The number of carbonyl (C=O) groups excluding carboxylic acids is 1. The number of hydrogen-bond donors (Lipinski definition) is 2. The van der Waals surface area contributed by atoms with Gasteiger partial charge in [0.15, 0.2) is 5.78 Å². The molecule has 84 valence electrons. The number of carbonyl (C=O) groups is 2. The Balaban J connectivity index is 2.05. The molecule has 1 saturated heterocycles. The summed E-state index contributed by atoms with van der Waals surface area (Å²) in [6, 6.07) is 4.69. The second-order valence-corrected chi connectivity index (χ2v) is 3.81. The summed E-state index contributed by atoms with van der Waals surface area (Å²) in [6.45, 7) is 0.346. The fourth-order valence-electron chi connectivity index (χ4n) is 1.81. The van der Waals surface area contributed by atoms with Crippen molar-refractivity contribution in [3.05, 3.63) is 30.1 Å². The quantitative estimate of drug-likeness (QED) is 0.717. The molecular weight excluding hydrogens is 208 g/mol. The van der Waals surface area contributed by atoms with Crippen LogP contribution in [-0.2, 0) is 4.79 Å². The van der Waals surface area contributed by atoms with Crippen molar-refractivity contribution >= 4 is 11.8 Å². The second-order valence-electron chi connectivity index (χ2n) is 3.81. The summed E-state index contributed by atoms with van der Waals surface area (Å²) in [4.78, 5) is 26.6. The molecule has 1 aliphatic heterocycles. The first-order valence-corrected chi connectivity index (χ1v) is 5.10. The van der Waals surface area contributed by atoms with Gasteiger partial charge in [0, 0.05) is 12.7 Å². The number of nitrogens with one attached hydrogen (secondary N) is 1. The smallest absolute Gasteiger partial charge is 0.307 e. The minimum absolute atomic E-state index is 0.135. The maximum atomic E-state index is 11.9. The van der Waals surface area contributed by atoms with Crippen LogP contribution in [0.25, 0.3) is 0 Å². The monoisotopic (exact) mass is 220 g/mol. The van der Waals surface area contributed by atoms with E-state index in [0.29, 0.717) is 18.7 Å². The molecule has 2 N–H and O–H groups in total. The molecule has 2 rings (SSSR count).